The molecule has 2 aromatic heterocycles. The zero-order chi connectivity index (χ0) is 40.8. The van der Waals surface area contributed by atoms with Gasteiger partial charge in [0, 0.05) is 17.3 Å². The van der Waals surface area contributed by atoms with Gasteiger partial charge in [0.2, 0.25) is 0 Å². The molecule has 2 spiro atoms. The summed E-state index contributed by atoms with van der Waals surface area (Å²) in [6.07, 6.45) is 1.81. The lowest BCUT2D eigenvalue weighted by Gasteiger charge is -2.48. The molecule has 0 atom stereocenters. The number of nitrogens with zero attached hydrogens (tertiary/aromatic N) is 3. The van der Waals surface area contributed by atoms with Crippen LogP contribution in [0, 0.1) is 0 Å². The molecule has 0 N–H and O–H groups in total. The van der Waals surface area contributed by atoms with Gasteiger partial charge in [-0.05, 0) is 102 Å². The quantitative estimate of drug-likeness (QED) is 0.178. The van der Waals surface area contributed by atoms with Gasteiger partial charge in [-0.1, -0.05) is 194 Å². The van der Waals surface area contributed by atoms with Gasteiger partial charge in [-0.25, -0.2) is 9.97 Å². The molecule has 0 amide bonds. The fourth-order valence-electron chi connectivity index (χ4n) is 11.2. The third-order valence-corrected chi connectivity index (χ3v) is 13.7. The molecule has 0 aliphatic heterocycles. The van der Waals surface area contributed by atoms with Crippen LogP contribution in [0.5, 0.6) is 0 Å². The van der Waals surface area contributed by atoms with Crippen molar-refractivity contribution in [2.45, 2.75) is 10.8 Å². The number of benzene rings is 8. The highest BCUT2D eigenvalue weighted by Crippen LogP contribution is 2.67. The Balaban J connectivity index is 1.00. The van der Waals surface area contributed by atoms with Crippen molar-refractivity contribution >= 4 is 0 Å². The van der Waals surface area contributed by atoms with Gasteiger partial charge in [-0.3, -0.25) is 4.98 Å². The van der Waals surface area contributed by atoms with Crippen LogP contribution in [0.1, 0.15) is 44.5 Å². The molecule has 3 aliphatic rings. The zero-order valence-electron chi connectivity index (χ0n) is 33.7. The molecule has 0 saturated carbocycles. The highest BCUT2D eigenvalue weighted by molar-refractivity contribution is 5.94. The third kappa shape index (κ3) is 4.68. The maximum Gasteiger partial charge on any atom is 0.160 e. The van der Waals surface area contributed by atoms with Crippen LogP contribution in [0.4, 0.5) is 0 Å². The number of rotatable bonds is 4. The SMILES string of the molecule is c1ccc(-c2nc(-c3ccc(-c4ccc5c(c4)C4(c6ccccc6-5)c5ccccc5C5(c6ccccc6-c6ccccc65)c5ccccc54)cc3)cc(-c3ccccn3)n2)cc1. The highest BCUT2D eigenvalue weighted by Gasteiger charge is 2.58. The Kier molecular flexibility index (Phi) is 7.44. The van der Waals surface area contributed by atoms with E-state index in [0.717, 1.165) is 33.8 Å². The summed E-state index contributed by atoms with van der Waals surface area (Å²) in [6.45, 7) is 0. The number of fused-ring (bicyclic) bond motifs is 16. The van der Waals surface area contributed by atoms with E-state index in [-0.39, 0.29) is 0 Å². The van der Waals surface area contributed by atoms with Crippen LogP contribution in [0.15, 0.2) is 225 Å². The van der Waals surface area contributed by atoms with E-state index in [1.54, 1.807) is 0 Å². The third-order valence-electron chi connectivity index (χ3n) is 13.7. The zero-order valence-corrected chi connectivity index (χ0v) is 33.7. The fourth-order valence-corrected chi connectivity index (χ4v) is 11.2. The lowest BCUT2D eigenvalue weighted by molar-refractivity contribution is 0.633. The molecule has 3 heteroatoms. The van der Waals surface area contributed by atoms with Crippen molar-refractivity contribution in [1.29, 1.82) is 0 Å². The second-order valence-electron chi connectivity index (χ2n) is 16.6. The lowest BCUT2D eigenvalue weighted by Crippen LogP contribution is -2.43. The molecule has 13 rings (SSSR count). The van der Waals surface area contributed by atoms with Gasteiger partial charge in [0.25, 0.3) is 0 Å². The van der Waals surface area contributed by atoms with E-state index in [4.69, 9.17) is 9.97 Å². The van der Waals surface area contributed by atoms with Crippen molar-refractivity contribution in [2.24, 2.45) is 0 Å². The first-order valence-electron chi connectivity index (χ1n) is 21.3. The molecule has 0 saturated heterocycles. The van der Waals surface area contributed by atoms with Gasteiger partial charge in [0.1, 0.15) is 0 Å². The molecule has 0 unspecified atom stereocenters. The molecule has 288 valence electrons. The Hall–Kier alpha value is -8.01. The number of hydrogen-bond donors (Lipinski definition) is 0. The van der Waals surface area contributed by atoms with Crippen LogP contribution in [0.2, 0.25) is 0 Å². The van der Waals surface area contributed by atoms with Crippen LogP contribution in [-0.2, 0) is 10.8 Å². The molecule has 3 nitrogen and oxygen atoms in total. The summed E-state index contributed by atoms with van der Waals surface area (Å²) in [4.78, 5) is 14.7. The number of pyridine rings is 1. The van der Waals surface area contributed by atoms with Crippen molar-refractivity contribution in [3.8, 4) is 67.4 Å². The topological polar surface area (TPSA) is 38.7 Å². The van der Waals surface area contributed by atoms with E-state index >= 15 is 0 Å². The van der Waals surface area contributed by atoms with Crippen LogP contribution >= 0.6 is 0 Å². The largest absolute Gasteiger partial charge is 0.255 e. The Labute approximate surface area is 360 Å². The van der Waals surface area contributed by atoms with Crippen LogP contribution in [0.25, 0.3) is 67.4 Å². The average Bonchev–Trinajstić information content (AvgIpc) is 3.82. The van der Waals surface area contributed by atoms with Gasteiger partial charge in [0.05, 0.1) is 27.9 Å². The minimum Gasteiger partial charge on any atom is -0.255 e. The van der Waals surface area contributed by atoms with E-state index in [1.807, 2.05) is 48.7 Å². The van der Waals surface area contributed by atoms with Gasteiger partial charge in [0.15, 0.2) is 5.82 Å². The summed E-state index contributed by atoms with van der Waals surface area (Å²) in [7, 11) is 0. The molecule has 0 bridgehead atoms. The monoisotopic (exact) mass is 787 g/mol. The first kappa shape index (κ1) is 34.8. The molecule has 8 aromatic carbocycles. The summed E-state index contributed by atoms with van der Waals surface area (Å²) in [5, 5.41) is 0. The second-order valence-corrected chi connectivity index (χ2v) is 16.6. The summed E-state index contributed by atoms with van der Waals surface area (Å²) >= 11 is 0. The fraction of sp³-hybridized carbons (Fsp3) is 0.0339. The van der Waals surface area contributed by atoms with Gasteiger partial charge >= 0.3 is 0 Å². The predicted molar refractivity (Wildman–Crippen MR) is 250 cm³/mol. The first-order chi connectivity index (χ1) is 30.7. The summed E-state index contributed by atoms with van der Waals surface area (Å²) in [5.74, 6) is 0.677. The molecular formula is C59H37N3. The highest BCUT2D eigenvalue weighted by atomic mass is 14.9. The summed E-state index contributed by atoms with van der Waals surface area (Å²) in [6, 6.07) is 80.0. The van der Waals surface area contributed by atoms with Crippen molar-refractivity contribution in [3.05, 3.63) is 269 Å². The molecule has 3 aliphatic carbocycles. The molecule has 62 heavy (non-hydrogen) atoms. The summed E-state index contributed by atoms with van der Waals surface area (Å²) in [5.41, 5.74) is 21.7. The average molecular weight is 788 g/mol. The maximum absolute atomic E-state index is 5.09. The van der Waals surface area contributed by atoms with E-state index in [2.05, 4.69) is 181 Å². The van der Waals surface area contributed by atoms with Crippen LogP contribution < -0.4 is 0 Å². The van der Waals surface area contributed by atoms with E-state index in [0.29, 0.717) is 5.82 Å². The molecule has 2 heterocycles. The Bertz CT molecular complexity index is 3250. The Morgan fingerprint density at radius 2 is 0.694 bits per heavy atom. The normalized spacial score (nSPS) is 14.1. The number of aromatic nitrogens is 3. The summed E-state index contributed by atoms with van der Waals surface area (Å²) < 4.78 is 0. The Morgan fingerprint density at radius 1 is 0.258 bits per heavy atom. The number of hydrogen-bond acceptors (Lipinski definition) is 3. The van der Waals surface area contributed by atoms with Gasteiger partial charge < -0.3 is 0 Å². The van der Waals surface area contributed by atoms with Crippen molar-refractivity contribution < 1.29 is 0 Å². The van der Waals surface area contributed by atoms with Crippen LogP contribution in [0.3, 0.4) is 0 Å². The van der Waals surface area contributed by atoms with E-state index < -0.39 is 10.8 Å². The minimum atomic E-state index is -0.538. The van der Waals surface area contributed by atoms with E-state index in [1.165, 1.54) is 72.3 Å². The Morgan fingerprint density at radius 3 is 1.24 bits per heavy atom. The van der Waals surface area contributed by atoms with Crippen molar-refractivity contribution in [1.82, 2.24) is 15.0 Å². The maximum atomic E-state index is 5.09. The van der Waals surface area contributed by atoms with Gasteiger partial charge in [-0.15, -0.1) is 0 Å². The predicted octanol–water partition coefficient (Wildman–Crippen LogP) is 13.6. The van der Waals surface area contributed by atoms with Crippen LogP contribution in [-0.4, -0.2) is 15.0 Å². The van der Waals surface area contributed by atoms with Crippen molar-refractivity contribution in [3.63, 3.8) is 0 Å². The molecule has 0 fully saturated rings. The minimum absolute atomic E-state index is 0.464. The van der Waals surface area contributed by atoms with Gasteiger partial charge in [-0.2, -0.15) is 0 Å². The van der Waals surface area contributed by atoms with E-state index in [9.17, 15) is 0 Å². The molecule has 0 radical (unpaired) electrons. The standard InChI is InChI=1S/C59H37N3/c1-2-16-40(17-3-1)57-61-55(37-56(62-57)54-28-14-15-35-60-54)39-31-29-38(30-32-39)41-33-34-45-44-20-6-9-23-48(44)59(53(45)36-41)51-26-12-10-24-49(51)58(50-25-11-13-27-52(50)59)46-21-7-4-18-42(46)43-19-5-8-22-47(43)58/h1-37H. The lowest BCUT2D eigenvalue weighted by atomic mass is 9.52. The second kappa shape index (κ2) is 13.2. The first-order valence-corrected chi connectivity index (χ1v) is 21.3. The van der Waals surface area contributed by atoms with Crippen molar-refractivity contribution in [2.75, 3.05) is 0 Å². The smallest absolute Gasteiger partial charge is 0.160 e. The molecular weight excluding hydrogens is 751 g/mol. The molecule has 10 aromatic rings.